The number of nitrogens with zero attached hydrogens (tertiary/aromatic N) is 5. The van der Waals surface area contributed by atoms with Crippen molar-refractivity contribution < 1.29 is 0 Å². The van der Waals surface area contributed by atoms with Gasteiger partial charge in [-0.05, 0) is 38.3 Å². The molecule has 1 fully saturated rings. The molecule has 26 heavy (non-hydrogen) atoms. The molecule has 1 atom stereocenters. The fraction of sp³-hybridized carbons (Fsp3) is 0.368. The van der Waals surface area contributed by atoms with Crippen molar-refractivity contribution in [2.45, 2.75) is 38.9 Å². The van der Waals surface area contributed by atoms with Crippen LogP contribution in [0.1, 0.15) is 42.4 Å². The van der Waals surface area contributed by atoms with Gasteiger partial charge in [0.25, 0.3) is 0 Å². The van der Waals surface area contributed by atoms with E-state index in [1.54, 1.807) is 6.33 Å². The van der Waals surface area contributed by atoms with Gasteiger partial charge < -0.3 is 5.32 Å². The number of imidazole rings is 1. The predicted molar refractivity (Wildman–Crippen MR) is 99.4 cm³/mol. The van der Waals surface area contributed by atoms with Gasteiger partial charge in [0.1, 0.15) is 6.07 Å². The Labute approximate surface area is 152 Å². The summed E-state index contributed by atoms with van der Waals surface area (Å²) in [5.41, 5.74) is 3.77. The van der Waals surface area contributed by atoms with Crippen LogP contribution in [0.2, 0.25) is 0 Å². The van der Waals surface area contributed by atoms with Gasteiger partial charge >= 0.3 is 0 Å². The lowest BCUT2D eigenvalue weighted by Crippen LogP contribution is -2.31. The van der Waals surface area contributed by atoms with E-state index in [9.17, 15) is 5.26 Å². The first-order valence-electron chi connectivity index (χ1n) is 8.92. The molecule has 3 aromatic rings. The van der Waals surface area contributed by atoms with E-state index in [0.29, 0.717) is 23.5 Å². The Morgan fingerprint density at radius 1 is 1.27 bits per heavy atom. The van der Waals surface area contributed by atoms with Crippen LogP contribution in [0.15, 0.2) is 30.6 Å². The lowest BCUT2D eigenvalue weighted by molar-refractivity contribution is 0.325. The number of fused-ring (bicyclic) bond motifs is 1. The summed E-state index contributed by atoms with van der Waals surface area (Å²) in [5, 5.41) is 16.1. The Morgan fingerprint density at radius 2 is 2.12 bits per heavy atom. The maximum Gasteiger partial charge on any atom is 0.236 e. The zero-order chi connectivity index (χ0) is 17.9. The molecule has 0 saturated carbocycles. The topological polar surface area (TPSA) is 91.5 Å². The second-order valence-electron chi connectivity index (χ2n) is 6.64. The first-order valence-corrected chi connectivity index (χ1v) is 8.92. The molecule has 0 radical (unpaired) electrons. The first kappa shape index (κ1) is 16.5. The summed E-state index contributed by atoms with van der Waals surface area (Å²) in [6.07, 6.45) is 5.35. The molecule has 1 unspecified atom stereocenters. The van der Waals surface area contributed by atoms with Crippen molar-refractivity contribution in [3.05, 3.63) is 47.5 Å². The van der Waals surface area contributed by atoms with Crippen LogP contribution in [-0.4, -0.2) is 26.1 Å². The fourth-order valence-corrected chi connectivity index (χ4v) is 3.28. The fourth-order valence-electron chi connectivity index (χ4n) is 3.28. The van der Waals surface area contributed by atoms with Gasteiger partial charge in [-0.25, -0.2) is 4.98 Å². The highest BCUT2D eigenvalue weighted by atomic mass is 15.2. The first-order chi connectivity index (χ1) is 12.7. The minimum atomic E-state index is 0.154. The van der Waals surface area contributed by atoms with Crippen molar-refractivity contribution in [1.82, 2.24) is 24.8 Å². The van der Waals surface area contributed by atoms with Gasteiger partial charge in [0.2, 0.25) is 5.82 Å². The number of anilines is 1. The molecule has 1 aliphatic heterocycles. The van der Waals surface area contributed by atoms with Crippen molar-refractivity contribution in [2.75, 3.05) is 11.9 Å². The summed E-state index contributed by atoms with van der Waals surface area (Å²) in [6, 6.07) is 10.4. The van der Waals surface area contributed by atoms with E-state index in [1.807, 2.05) is 4.57 Å². The number of piperidine rings is 1. The monoisotopic (exact) mass is 347 g/mol. The predicted octanol–water partition coefficient (Wildman–Crippen LogP) is 2.89. The molecule has 4 rings (SSSR count). The SMILES string of the molecule is Cc1ccc(CNc2nc(C#N)nc3c2ncn3C2CCCCN2)cc1. The lowest BCUT2D eigenvalue weighted by atomic mass is 10.1. The van der Waals surface area contributed by atoms with Crippen LogP contribution in [0.5, 0.6) is 0 Å². The molecule has 1 aliphatic rings. The second kappa shape index (κ2) is 7.10. The molecule has 132 valence electrons. The Bertz CT molecular complexity index is 946. The van der Waals surface area contributed by atoms with E-state index in [-0.39, 0.29) is 12.0 Å². The zero-order valence-electron chi connectivity index (χ0n) is 14.7. The summed E-state index contributed by atoms with van der Waals surface area (Å²) in [6.45, 7) is 3.67. The van der Waals surface area contributed by atoms with Gasteiger partial charge in [-0.15, -0.1) is 0 Å². The number of hydrogen-bond acceptors (Lipinski definition) is 6. The molecule has 0 spiro atoms. The van der Waals surface area contributed by atoms with Crippen LogP contribution in [0.3, 0.4) is 0 Å². The molecule has 0 amide bonds. The van der Waals surface area contributed by atoms with E-state index >= 15 is 0 Å². The van der Waals surface area contributed by atoms with Gasteiger partial charge in [0.05, 0.1) is 12.5 Å². The number of nitriles is 1. The van der Waals surface area contributed by atoms with Crippen LogP contribution in [0.25, 0.3) is 11.2 Å². The third-order valence-corrected chi connectivity index (χ3v) is 4.72. The summed E-state index contributed by atoms with van der Waals surface area (Å²) in [7, 11) is 0. The van der Waals surface area contributed by atoms with Gasteiger partial charge in [-0.3, -0.25) is 9.88 Å². The molecule has 1 saturated heterocycles. The highest BCUT2D eigenvalue weighted by Crippen LogP contribution is 2.25. The van der Waals surface area contributed by atoms with Crippen LogP contribution in [0, 0.1) is 18.3 Å². The van der Waals surface area contributed by atoms with Gasteiger partial charge in [0.15, 0.2) is 17.0 Å². The smallest absolute Gasteiger partial charge is 0.236 e. The van der Waals surface area contributed by atoms with E-state index in [1.165, 1.54) is 18.4 Å². The molecule has 7 heteroatoms. The van der Waals surface area contributed by atoms with Crippen LogP contribution >= 0.6 is 0 Å². The standard InChI is InChI=1S/C19H21N7/c1-13-5-7-14(8-6-13)11-22-18-17-19(25-15(10-20)24-18)26(12-23-17)16-4-2-3-9-21-16/h5-8,12,16,21H,2-4,9,11H2,1H3,(H,22,24,25). The minimum absolute atomic E-state index is 0.154. The Morgan fingerprint density at radius 3 is 2.85 bits per heavy atom. The molecule has 2 aromatic heterocycles. The molecule has 2 N–H and O–H groups in total. The number of aryl methyl sites for hydroxylation is 1. The van der Waals surface area contributed by atoms with Crippen molar-refractivity contribution in [3.8, 4) is 6.07 Å². The summed E-state index contributed by atoms with van der Waals surface area (Å²) in [4.78, 5) is 13.3. The number of nitrogens with one attached hydrogen (secondary N) is 2. The number of benzene rings is 1. The maximum atomic E-state index is 9.33. The largest absolute Gasteiger partial charge is 0.364 e. The van der Waals surface area contributed by atoms with Gasteiger partial charge in [-0.1, -0.05) is 29.8 Å². The average molecular weight is 347 g/mol. The number of hydrogen-bond donors (Lipinski definition) is 2. The summed E-state index contributed by atoms with van der Waals surface area (Å²) in [5.74, 6) is 0.753. The van der Waals surface area contributed by atoms with E-state index in [2.05, 4.69) is 62.8 Å². The van der Waals surface area contributed by atoms with E-state index in [4.69, 9.17) is 0 Å². The minimum Gasteiger partial charge on any atom is -0.364 e. The van der Waals surface area contributed by atoms with Crippen molar-refractivity contribution in [2.24, 2.45) is 0 Å². The van der Waals surface area contributed by atoms with Crippen molar-refractivity contribution in [1.29, 1.82) is 5.26 Å². The molecule has 3 heterocycles. The number of rotatable bonds is 4. The van der Waals surface area contributed by atoms with E-state index < -0.39 is 0 Å². The zero-order valence-corrected chi connectivity index (χ0v) is 14.7. The van der Waals surface area contributed by atoms with Crippen molar-refractivity contribution in [3.63, 3.8) is 0 Å². The molecule has 1 aromatic carbocycles. The number of aromatic nitrogens is 4. The normalized spacial score (nSPS) is 17.2. The van der Waals surface area contributed by atoms with E-state index in [0.717, 1.165) is 18.5 Å². The van der Waals surface area contributed by atoms with Crippen molar-refractivity contribution >= 4 is 17.0 Å². The highest BCUT2D eigenvalue weighted by molar-refractivity contribution is 5.83. The molecule has 7 nitrogen and oxygen atoms in total. The second-order valence-corrected chi connectivity index (χ2v) is 6.64. The third-order valence-electron chi connectivity index (χ3n) is 4.72. The molecular formula is C19H21N7. The van der Waals surface area contributed by atoms with Crippen LogP contribution < -0.4 is 10.6 Å². The molecule has 0 bridgehead atoms. The Balaban J connectivity index is 1.66. The van der Waals surface area contributed by atoms with Gasteiger partial charge in [0, 0.05) is 6.54 Å². The summed E-state index contributed by atoms with van der Waals surface area (Å²) >= 11 is 0. The average Bonchev–Trinajstić information content (AvgIpc) is 3.12. The van der Waals surface area contributed by atoms with Crippen LogP contribution in [0.4, 0.5) is 5.82 Å². The highest BCUT2D eigenvalue weighted by Gasteiger charge is 2.20. The molecular weight excluding hydrogens is 326 g/mol. The third kappa shape index (κ3) is 3.24. The van der Waals surface area contributed by atoms with Crippen LogP contribution in [-0.2, 0) is 6.54 Å². The lowest BCUT2D eigenvalue weighted by Gasteiger charge is -2.24. The Hall–Kier alpha value is -2.98. The Kier molecular flexibility index (Phi) is 4.50. The summed E-state index contributed by atoms with van der Waals surface area (Å²) < 4.78 is 2.02. The van der Waals surface area contributed by atoms with Gasteiger partial charge in [-0.2, -0.15) is 15.2 Å². The molecule has 0 aliphatic carbocycles. The maximum absolute atomic E-state index is 9.33. The quantitative estimate of drug-likeness (QED) is 0.754.